The minimum Gasteiger partial charge on any atom is -0.481 e. The molecule has 2 aliphatic rings. The number of allylic oxidation sites excluding steroid dienone is 1. The maximum absolute atomic E-state index is 14.8. The van der Waals surface area contributed by atoms with Crippen LogP contribution in [0, 0.1) is 35.1 Å². The van der Waals surface area contributed by atoms with Crippen molar-refractivity contribution < 1.29 is 96.3 Å². The zero-order chi connectivity index (χ0) is 63.0. The number of urea groups is 1. The molecule has 2 amide bonds. The van der Waals surface area contributed by atoms with Crippen LogP contribution in [0.1, 0.15) is 73.4 Å². The monoisotopic (exact) mass is 1240 g/mol. The van der Waals surface area contributed by atoms with E-state index in [1.54, 1.807) is 67.6 Å². The molecule has 2 aliphatic carbocycles. The van der Waals surface area contributed by atoms with Crippen LogP contribution in [-0.2, 0) is 38.2 Å². The van der Waals surface area contributed by atoms with Crippen molar-refractivity contribution in [3.8, 4) is 11.5 Å². The number of hydrogen-bond donors (Lipinski definition) is 6. The van der Waals surface area contributed by atoms with Gasteiger partial charge < -0.3 is 46.5 Å². The number of nitrogens with two attached hydrogens (primary N) is 2. The van der Waals surface area contributed by atoms with Gasteiger partial charge in [0.2, 0.25) is 0 Å². The number of carbonyl (C=O) groups is 4. The molecule has 464 valence electrons. The number of nitrogens with one attached hydrogen (secondary N) is 2. The van der Waals surface area contributed by atoms with Gasteiger partial charge in [0.15, 0.2) is 0 Å². The lowest BCUT2D eigenvalue weighted by atomic mass is 9.77. The molecule has 0 aliphatic heterocycles. The molecule has 2 fully saturated rings. The lowest BCUT2D eigenvalue weighted by Gasteiger charge is -2.39. The fourth-order valence-electron chi connectivity index (χ4n) is 8.74. The van der Waals surface area contributed by atoms with Crippen LogP contribution in [0.2, 0.25) is 0 Å². The fourth-order valence-corrected chi connectivity index (χ4v) is 8.87. The number of hydrogen-bond acceptors (Lipinski definition) is 9. The van der Waals surface area contributed by atoms with Crippen molar-refractivity contribution in [2.75, 3.05) is 0 Å². The summed E-state index contributed by atoms with van der Waals surface area (Å²) in [7, 11) is 0. The first-order valence-electron chi connectivity index (χ1n) is 25.3. The standard InChI is InChI=1S/C28H24F6N2O4.C22H17F6NO.C5H9NO2.C4H5ClO2.CH4/c29-20-8-6-18(7-9-20)27(15-16-4-2-1-3-5-16,36-26(39)35-22-10-17(11-22)24(37)38)19-12-21(30)14-23(13-19)40-28(33,34)25(31)32;23-17-8-6-15(7-9-17)21(29,13-14-4-2-1-3-5-14)16-10-18(24)12-19(11-16)30-22(27,28)20(25)26;6-4-1-3(2-4)5(7)8;1-3(2)7-4(5)6;/h1-9,12-14,17,22,25H,10-11,15H2,(H,37,38)(H2,35,36,39);1-12,20H,13,29H2;3-4H,1-2,6H2,(H,7,8);1H2,2H3;1H4/t17?,22?,27-;21-;;;/m11.../s1. The summed E-state index contributed by atoms with van der Waals surface area (Å²) in [5.41, 5.74) is 9.60. The number of ether oxygens (including phenoxy) is 3. The highest BCUT2D eigenvalue weighted by Crippen LogP contribution is 2.40. The van der Waals surface area contributed by atoms with Gasteiger partial charge in [0.25, 0.3) is 0 Å². The molecule has 0 bridgehead atoms. The minimum absolute atomic E-state index is 0. The normalized spacial score (nSPS) is 17.4. The zero-order valence-electron chi connectivity index (χ0n) is 44.6. The highest BCUT2D eigenvalue weighted by molar-refractivity contribution is 6.61. The molecule has 6 aromatic rings. The van der Waals surface area contributed by atoms with Crippen LogP contribution in [0.15, 0.2) is 158 Å². The number of halogens is 13. The molecule has 0 spiro atoms. The van der Waals surface area contributed by atoms with Gasteiger partial charge >= 0.3 is 48.5 Å². The Hall–Kier alpha value is -8.29. The van der Waals surface area contributed by atoms with E-state index in [0.717, 1.165) is 54.1 Å². The average Bonchev–Trinajstić information content (AvgIpc) is 0.927. The molecule has 8 N–H and O–H groups in total. The number of carbonyl (C=O) groups excluding carboxylic acids is 2. The van der Waals surface area contributed by atoms with Crippen molar-refractivity contribution >= 4 is 35.0 Å². The molecule has 13 nitrogen and oxygen atoms in total. The Bertz CT molecular complexity index is 3210. The van der Waals surface area contributed by atoms with Crippen LogP contribution in [0.3, 0.4) is 0 Å². The molecule has 26 heteroatoms. The van der Waals surface area contributed by atoms with E-state index in [1.807, 2.05) is 0 Å². The zero-order valence-corrected chi connectivity index (χ0v) is 45.3. The quantitative estimate of drug-likeness (QED) is 0.0255. The third kappa shape index (κ3) is 20.2. The molecule has 2 atom stereocenters. The van der Waals surface area contributed by atoms with Gasteiger partial charge in [0.1, 0.15) is 34.8 Å². The van der Waals surface area contributed by atoms with Crippen molar-refractivity contribution in [3.05, 3.63) is 215 Å². The predicted octanol–water partition coefficient (Wildman–Crippen LogP) is 13.8. The second kappa shape index (κ2) is 30.7. The molecular formula is C60H59ClF12N4O9. The maximum atomic E-state index is 14.8. The Morgan fingerprint density at radius 1 is 0.605 bits per heavy atom. The number of alkyl halides is 8. The number of carboxylic acids is 2. The summed E-state index contributed by atoms with van der Waals surface area (Å²) in [5, 5.41) is 22.8. The smallest absolute Gasteiger partial charge is 0.461 e. The average molecular weight is 1240 g/mol. The molecule has 0 radical (unpaired) electrons. The van der Waals surface area contributed by atoms with Crippen LogP contribution < -0.4 is 31.6 Å². The molecule has 0 unspecified atom stereocenters. The van der Waals surface area contributed by atoms with Gasteiger partial charge in [-0.2, -0.15) is 35.1 Å². The first-order valence-corrected chi connectivity index (χ1v) is 25.7. The van der Waals surface area contributed by atoms with Gasteiger partial charge in [0.05, 0.1) is 28.7 Å². The topological polar surface area (TPSA) is 213 Å². The van der Waals surface area contributed by atoms with E-state index >= 15 is 0 Å². The van der Waals surface area contributed by atoms with E-state index < -0.39 is 106 Å². The highest BCUT2D eigenvalue weighted by atomic mass is 35.5. The number of carboxylic acid groups (broad SMARTS) is 2. The largest absolute Gasteiger partial charge is 0.481 e. The molecule has 86 heavy (non-hydrogen) atoms. The summed E-state index contributed by atoms with van der Waals surface area (Å²) in [6.07, 6.45) is -16.4. The SMILES string of the molecule is C.C=C(C)OC(=O)Cl.NC1CC(C(=O)O)C1.N[C@](Cc1ccccc1)(c1ccc(F)cc1)c1cc(F)cc(OC(F)(F)C(F)F)c1.O=C(NC1CC(C(=O)O)C1)N[C@](Cc1ccccc1)(c1ccc(F)cc1)c1cc(F)cc(OC(F)(F)C(F)F)c1. The maximum Gasteiger partial charge on any atom is 0.461 e. The summed E-state index contributed by atoms with van der Waals surface area (Å²) in [6.45, 7) is 4.81. The van der Waals surface area contributed by atoms with E-state index in [2.05, 4.69) is 31.4 Å². The van der Waals surface area contributed by atoms with Gasteiger partial charge in [-0.25, -0.2) is 27.2 Å². The lowest BCUT2D eigenvalue weighted by molar-refractivity contribution is -0.253. The van der Waals surface area contributed by atoms with E-state index in [9.17, 15) is 71.9 Å². The van der Waals surface area contributed by atoms with Gasteiger partial charge in [0, 0.05) is 42.2 Å². The first-order chi connectivity index (χ1) is 39.8. The highest BCUT2D eigenvalue weighted by Gasteiger charge is 2.46. The van der Waals surface area contributed by atoms with Crippen molar-refractivity contribution in [2.24, 2.45) is 23.3 Å². The Morgan fingerprint density at radius 2 is 1.01 bits per heavy atom. The molecule has 8 rings (SSSR count). The van der Waals surface area contributed by atoms with Crippen LogP contribution in [0.5, 0.6) is 11.5 Å². The van der Waals surface area contributed by atoms with Crippen molar-refractivity contribution in [1.29, 1.82) is 0 Å². The van der Waals surface area contributed by atoms with Gasteiger partial charge in [-0.15, -0.1) is 0 Å². The third-order valence-electron chi connectivity index (χ3n) is 13.0. The molecule has 2 saturated carbocycles. The number of aliphatic carboxylic acids is 2. The van der Waals surface area contributed by atoms with E-state index in [4.69, 9.17) is 33.3 Å². The Morgan fingerprint density at radius 3 is 1.40 bits per heavy atom. The first kappa shape index (κ1) is 70.2. The van der Waals surface area contributed by atoms with E-state index in [-0.39, 0.29) is 61.8 Å². The number of rotatable bonds is 19. The van der Waals surface area contributed by atoms with Crippen LogP contribution in [-0.4, -0.2) is 70.8 Å². The van der Waals surface area contributed by atoms with Gasteiger partial charge in [-0.1, -0.05) is 98.9 Å². The predicted molar refractivity (Wildman–Crippen MR) is 293 cm³/mol. The second-order valence-electron chi connectivity index (χ2n) is 19.6. The Balaban J connectivity index is 0.000000300. The summed E-state index contributed by atoms with van der Waals surface area (Å²) >= 11 is 4.75. The van der Waals surface area contributed by atoms with Gasteiger partial charge in [-0.05, 0) is 121 Å². The molecule has 0 aromatic heterocycles. The van der Waals surface area contributed by atoms with Gasteiger partial charge in [-0.3, -0.25) is 9.59 Å². The lowest BCUT2D eigenvalue weighted by Crippen LogP contribution is -2.56. The van der Waals surface area contributed by atoms with Crippen molar-refractivity contribution in [3.63, 3.8) is 0 Å². The fraction of sp³-hybridized carbons (Fsp3) is 0.300. The molecule has 0 saturated heterocycles. The van der Waals surface area contributed by atoms with Crippen LogP contribution in [0.4, 0.5) is 62.3 Å². The minimum atomic E-state index is -4.93. The summed E-state index contributed by atoms with van der Waals surface area (Å²) < 4.78 is 174. The van der Waals surface area contributed by atoms with E-state index in [0.29, 0.717) is 41.9 Å². The Kier molecular flexibility index (Phi) is 25.0. The van der Waals surface area contributed by atoms with Crippen LogP contribution >= 0.6 is 11.6 Å². The molecule has 6 aromatic carbocycles. The number of benzene rings is 6. The van der Waals surface area contributed by atoms with Crippen molar-refractivity contribution in [1.82, 2.24) is 10.6 Å². The van der Waals surface area contributed by atoms with Crippen molar-refractivity contribution in [2.45, 2.75) is 101 Å². The molecular weight excluding hydrogens is 1180 g/mol. The number of amides is 2. The summed E-state index contributed by atoms with van der Waals surface area (Å²) in [4.78, 5) is 44.2. The Labute approximate surface area is 490 Å². The molecule has 0 heterocycles. The third-order valence-corrected chi connectivity index (χ3v) is 13.1. The van der Waals surface area contributed by atoms with E-state index in [1.165, 1.54) is 24.3 Å². The summed E-state index contributed by atoms with van der Waals surface area (Å²) in [6, 6.07) is 30.8. The summed E-state index contributed by atoms with van der Waals surface area (Å²) in [5.74, 6) is -7.19. The second-order valence-corrected chi connectivity index (χ2v) is 19.9. The van der Waals surface area contributed by atoms with Crippen LogP contribution in [0.25, 0.3) is 0 Å².